The summed E-state index contributed by atoms with van der Waals surface area (Å²) in [5.41, 5.74) is 0.303. The van der Waals surface area contributed by atoms with Gasteiger partial charge in [-0.2, -0.15) is 0 Å². The zero-order chi connectivity index (χ0) is 13.4. The molecule has 102 valence electrons. The molecular formula is C15H17F2NO. The molecule has 2 aliphatic heterocycles. The van der Waals surface area contributed by atoms with E-state index < -0.39 is 11.6 Å². The van der Waals surface area contributed by atoms with Gasteiger partial charge >= 0.3 is 0 Å². The number of carbonyl (C=O) groups excluding carboxylic acids is 1. The number of Topliss-reactive ketones (excluding diaryl/α,β-unsaturated/α-hetero) is 1. The monoisotopic (exact) mass is 265 g/mol. The van der Waals surface area contributed by atoms with Crippen molar-refractivity contribution in [1.82, 2.24) is 5.32 Å². The van der Waals surface area contributed by atoms with E-state index in [-0.39, 0.29) is 18.1 Å². The predicted octanol–water partition coefficient (Wildman–Crippen LogP) is 2.61. The molecule has 2 unspecified atom stereocenters. The molecule has 1 aromatic rings. The summed E-state index contributed by atoms with van der Waals surface area (Å²) in [5.74, 6) is -1.11. The van der Waals surface area contributed by atoms with Gasteiger partial charge in [-0.3, -0.25) is 4.79 Å². The fourth-order valence-corrected chi connectivity index (χ4v) is 3.32. The topological polar surface area (TPSA) is 29.1 Å². The van der Waals surface area contributed by atoms with E-state index in [4.69, 9.17) is 0 Å². The minimum absolute atomic E-state index is 0.0307. The summed E-state index contributed by atoms with van der Waals surface area (Å²) >= 11 is 0. The average molecular weight is 265 g/mol. The molecule has 1 aromatic carbocycles. The Hall–Kier alpha value is -1.29. The highest BCUT2D eigenvalue weighted by Crippen LogP contribution is 2.32. The smallest absolute Gasteiger partial charge is 0.140 e. The van der Waals surface area contributed by atoms with Gasteiger partial charge in [0.05, 0.1) is 0 Å². The first kappa shape index (κ1) is 12.7. The molecule has 2 aliphatic rings. The van der Waals surface area contributed by atoms with Gasteiger partial charge in [0.2, 0.25) is 0 Å². The van der Waals surface area contributed by atoms with Crippen LogP contribution in [0.25, 0.3) is 0 Å². The number of halogens is 2. The lowest BCUT2D eigenvalue weighted by molar-refractivity contribution is -0.123. The van der Waals surface area contributed by atoms with Crippen LogP contribution in [0.4, 0.5) is 8.78 Å². The molecule has 0 radical (unpaired) electrons. The number of hydrogen-bond donors (Lipinski definition) is 1. The average Bonchev–Trinajstić information content (AvgIpc) is 2.71. The van der Waals surface area contributed by atoms with Gasteiger partial charge in [0.15, 0.2) is 0 Å². The minimum Gasteiger partial charge on any atom is -0.311 e. The zero-order valence-corrected chi connectivity index (χ0v) is 10.7. The third kappa shape index (κ3) is 2.68. The number of hydrogen-bond acceptors (Lipinski definition) is 2. The fourth-order valence-electron chi connectivity index (χ4n) is 3.32. The standard InChI is InChI=1S/C15H17F2NO/c16-11-2-1-9(14(17)8-11)7-15(19)10-5-12-3-4-13(6-10)18-12/h1-2,8,10,12-13,18H,3-7H2. The molecule has 2 nitrogen and oxygen atoms in total. The Morgan fingerprint density at radius 3 is 2.53 bits per heavy atom. The predicted molar refractivity (Wildman–Crippen MR) is 67.7 cm³/mol. The third-order valence-corrected chi connectivity index (χ3v) is 4.31. The SMILES string of the molecule is O=C(Cc1ccc(F)cc1F)C1CC2CCC(C1)N2. The summed E-state index contributed by atoms with van der Waals surface area (Å²) in [4.78, 5) is 12.2. The van der Waals surface area contributed by atoms with E-state index >= 15 is 0 Å². The molecule has 0 amide bonds. The van der Waals surface area contributed by atoms with E-state index in [1.54, 1.807) is 0 Å². The molecule has 3 rings (SSSR count). The van der Waals surface area contributed by atoms with Gasteiger partial charge < -0.3 is 5.32 Å². The Labute approximate surface area is 111 Å². The molecule has 0 saturated carbocycles. The van der Waals surface area contributed by atoms with Gasteiger partial charge in [0.1, 0.15) is 17.4 Å². The van der Waals surface area contributed by atoms with Crippen LogP contribution in [0, 0.1) is 17.6 Å². The normalized spacial score (nSPS) is 29.5. The number of carbonyl (C=O) groups is 1. The van der Waals surface area contributed by atoms with Crippen molar-refractivity contribution in [3.63, 3.8) is 0 Å². The number of ketones is 1. The van der Waals surface area contributed by atoms with E-state index in [9.17, 15) is 13.6 Å². The van der Waals surface area contributed by atoms with Crippen molar-refractivity contribution >= 4 is 5.78 Å². The van der Waals surface area contributed by atoms with Crippen LogP contribution in [0.5, 0.6) is 0 Å². The van der Waals surface area contributed by atoms with Crippen LogP contribution in [0.2, 0.25) is 0 Å². The van der Waals surface area contributed by atoms with Crippen molar-refractivity contribution in [3.8, 4) is 0 Å². The quantitative estimate of drug-likeness (QED) is 0.910. The third-order valence-electron chi connectivity index (χ3n) is 4.31. The molecule has 2 saturated heterocycles. The highest BCUT2D eigenvalue weighted by Gasteiger charge is 2.36. The van der Waals surface area contributed by atoms with Gasteiger partial charge in [-0.15, -0.1) is 0 Å². The summed E-state index contributed by atoms with van der Waals surface area (Å²) < 4.78 is 26.4. The summed E-state index contributed by atoms with van der Waals surface area (Å²) in [7, 11) is 0. The van der Waals surface area contributed by atoms with Crippen LogP contribution in [0.15, 0.2) is 18.2 Å². The Kier molecular flexibility index (Phi) is 3.35. The molecule has 4 heteroatoms. The first-order valence-corrected chi connectivity index (χ1v) is 6.84. The molecule has 2 atom stereocenters. The summed E-state index contributed by atoms with van der Waals surface area (Å²) in [6, 6.07) is 4.32. The summed E-state index contributed by atoms with van der Waals surface area (Å²) in [6.45, 7) is 0. The zero-order valence-electron chi connectivity index (χ0n) is 10.7. The second-order valence-electron chi connectivity index (χ2n) is 5.69. The summed E-state index contributed by atoms with van der Waals surface area (Å²) in [5, 5.41) is 3.48. The van der Waals surface area contributed by atoms with E-state index in [1.807, 2.05) is 0 Å². The van der Waals surface area contributed by atoms with Crippen molar-refractivity contribution < 1.29 is 13.6 Å². The van der Waals surface area contributed by atoms with Crippen LogP contribution in [0.3, 0.4) is 0 Å². The molecule has 1 N–H and O–H groups in total. The van der Waals surface area contributed by atoms with E-state index in [2.05, 4.69) is 5.32 Å². The Bertz CT molecular complexity index is 491. The Morgan fingerprint density at radius 1 is 1.21 bits per heavy atom. The molecule has 0 spiro atoms. The van der Waals surface area contributed by atoms with Crippen LogP contribution in [0.1, 0.15) is 31.2 Å². The lowest BCUT2D eigenvalue weighted by Crippen LogP contribution is -2.40. The first-order chi connectivity index (χ1) is 9.11. The van der Waals surface area contributed by atoms with Crippen LogP contribution in [-0.4, -0.2) is 17.9 Å². The molecule has 2 bridgehead atoms. The second kappa shape index (κ2) is 5.00. The molecule has 19 heavy (non-hydrogen) atoms. The van der Waals surface area contributed by atoms with Gasteiger partial charge in [-0.25, -0.2) is 8.78 Å². The van der Waals surface area contributed by atoms with Crippen molar-refractivity contribution in [2.45, 2.75) is 44.2 Å². The lowest BCUT2D eigenvalue weighted by Gasteiger charge is -2.28. The maximum Gasteiger partial charge on any atom is 0.140 e. The molecule has 2 heterocycles. The Morgan fingerprint density at radius 2 is 1.89 bits per heavy atom. The molecular weight excluding hydrogens is 248 g/mol. The van der Waals surface area contributed by atoms with Gasteiger partial charge in [-0.1, -0.05) is 6.07 Å². The number of nitrogens with one attached hydrogen (secondary N) is 1. The number of piperidine rings is 1. The first-order valence-electron chi connectivity index (χ1n) is 6.84. The van der Waals surface area contributed by atoms with E-state index in [0.717, 1.165) is 31.7 Å². The molecule has 2 fully saturated rings. The van der Waals surface area contributed by atoms with Crippen LogP contribution >= 0.6 is 0 Å². The Balaban J connectivity index is 1.68. The maximum atomic E-state index is 13.5. The highest BCUT2D eigenvalue weighted by molar-refractivity contribution is 5.83. The summed E-state index contributed by atoms with van der Waals surface area (Å²) in [6.07, 6.45) is 4.07. The number of fused-ring (bicyclic) bond motifs is 2. The van der Waals surface area contributed by atoms with Crippen molar-refractivity contribution in [2.24, 2.45) is 5.92 Å². The van der Waals surface area contributed by atoms with Crippen LogP contribution in [-0.2, 0) is 11.2 Å². The van der Waals surface area contributed by atoms with E-state index in [0.29, 0.717) is 17.6 Å². The molecule has 0 aromatic heterocycles. The number of benzene rings is 1. The van der Waals surface area contributed by atoms with Gasteiger partial charge in [0.25, 0.3) is 0 Å². The van der Waals surface area contributed by atoms with Crippen LogP contribution < -0.4 is 5.32 Å². The number of rotatable bonds is 3. The second-order valence-corrected chi connectivity index (χ2v) is 5.69. The highest BCUT2D eigenvalue weighted by atomic mass is 19.1. The molecule has 0 aliphatic carbocycles. The minimum atomic E-state index is -0.620. The van der Waals surface area contributed by atoms with Crippen molar-refractivity contribution in [3.05, 3.63) is 35.4 Å². The fraction of sp³-hybridized carbons (Fsp3) is 0.533. The largest absolute Gasteiger partial charge is 0.311 e. The van der Waals surface area contributed by atoms with Crippen molar-refractivity contribution in [2.75, 3.05) is 0 Å². The lowest BCUT2D eigenvalue weighted by atomic mass is 9.86. The van der Waals surface area contributed by atoms with Crippen molar-refractivity contribution in [1.29, 1.82) is 0 Å². The maximum absolute atomic E-state index is 13.5. The van der Waals surface area contributed by atoms with Gasteiger partial charge in [0, 0.05) is 30.5 Å². The van der Waals surface area contributed by atoms with Gasteiger partial charge in [-0.05, 0) is 37.3 Å². The van der Waals surface area contributed by atoms with E-state index in [1.165, 1.54) is 12.1 Å².